The van der Waals surface area contributed by atoms with E-state index >= 15 is 0 Å². The third-order valence-corrected chi connectivity index (χ3v) is 7.87. The Balaban J connectivity index is 1.76. The van der Waals surface area contributed by atoms with Gasteiger partial charge in [-0.25, -0.2) is 14.1 Å². The van der Waals surface area contributed by atoms with E-state index in [2.05, 4.69) is 28.5 Å². The van der Waals surface area contributed by atoms with Crippen LogP contribution in [0.25, 0.3) is 5.57 Å². The van der Waals surface area contributed by atoms with Gasteiger partial charge >= 0.3 is 6.55 Å². The lowest BCUT2D eigenvalue weighted by Crippen LogP contribution is -2.35. The molecule has 10 heteroatoms. The third-order valence-electron chi connectivity index (χ3n) is 6.77. The van der Waals surface area contributed by atoms with Crippen molar-refractivity contribution in [2.24, 2.45) is 10.4 Å². The third kappa shape index (κ3) is 4.21. The van der Waals surface area contributed by atoms with Crippen molar-refractivity contribution in [1.82, 2.24) is 19.7 Å². The average molecular weight is 518 g/mol. The van der Waals surface area contributed by atoms with Crippen LogP contribution in [0.2, 0.25) is 5.02 Å². The van der Waals surface area contributed by atoms with Crippen molar-refractivity contribution >= 4 is 34.3 Å². The van der Waals surface area contributed by atoms with Gasteiger partial charge in [0.05, 0.1) is 6.20 Å². The highest BCUT2D eigenvalue weighted by molar-refractivity contribution is 7.11. The number of halogens is 4. The maximum absolute atomic E-state index is 13.9. The van der Waals surface area contributed by atoms with E-state index in [9.17, 15) is 13.2 Å². The van der Waals surface area contributed by atoms with Crippen LogP contribution in [0.4, 0.5) is 13.2 Å². The molecule has 2 atom stereocenters. The Labute approximate surface area is 210 Å². The Kier molecular flexibility index (Phi) is 6.31. The molecule has 1 aromatic carbocycles. The minimum Gasteiger partial charge on any atom is -0.327 e. The van der Waals surface area contributed by atoms with Crippen LogP contribution in [0, 0.1) is 11.2 Å². The van der Waals surface area contributed by atoms with Crippen LogP contribution in [0.15, 0.2) is 65.5 Å². The largest absolute Gasteiger partial charge is 0.333 e. The summed E-state index contributed by atoms with van der Waals surface area (Å²) < 4.78 is 41.4. The summed E-state index contributed by atoms with van der Waals surface area (Å²) in [6.07, 6.45) is 8.80. The molecule has 35 heavy (non-hydrogen) atoms. The van der Waals surface area contributed by atoms with Gasteiger partial charge in [-0.05, 0) is 42.4 Å². The second-order valence-corrected chi connectivity index (χ2v) is 10.1. The molecule has 4 heterocycles. The number of allylic oxidation sites excluding steroid dienone is 2. The second kappa shape index (κ2) is 9.28. The first-order valence-electron chi connectivity index (χ1n) is 11.2. The predicted octanol–water partition coefficient (Wildman–Crippen LogP) is 7.12. The first-order valence-corrected chi connectivity index (χ1v) is 12.5. The van der Waals surface area contributed by atoms with E-state index in [0.29, 0.717) is 34.6 Å². The van der Waals surface area contributed by atoms with Gasteiger partial charge in [0.2, 0.25) is 0 Å². The molecule has 0 unspecified atom stereocenters. The Morgan fingerprint density at radius 2 is 2.20 bits per heavy atom. The number of benzene rings is 1. The van der Waals surface area contributed by atoms with E-state index in [1.807, 2.05) is 11.5 Å². The maximum atomic E-state index is 13.9. The highest BCUT2D eigenvalue weighted by Crippen LogP contribution is 2.52. The number of hydrogen-bond acceptors (Lipinski definition) is 5. The quantitative estimate of drug-likeness (QED) is 0.313. The standard InChI is InChI=1S/C25H23ClF3N5S/c1-3-7-25(4-2)11-19-20(15-12-31-34(13-15)24(28)29)21(17-6-5-16(27)10-18(17)26)32-22(33(19)14-25)23-30-8-9-35-23/h3,5-6,8-10,12-13,21,24H,1,4,7,11,14H2,2H3/t21-,25-/m0/s1. The van der Waals surface area contributed by atoms with Crippen LogP contribution >= 0.6 is 22.9 Å². The van der Waals surface area contributed by atoms with E-state index in [1.54, 1.807) is 12.3 Å². The van der Waals surface area contributed by atoms with Crippen LogP contribution in [0.3, 0.4) is 0 Å². The van der Waals surface area contributed by atoms with Crippen molar-refractivity contribution in [2.45, 2.75) is 38.8 Å². The number of amidine groups is 1. The Morgan fingerprint density at radius 3 is 2.83 bits per heavy atom. The van der Waals surface area contributed by atoms with Crippen molar-refractivity contribution in [3.63, 3.8) is 0 Å². The topological polar surface area (TPSA) is 46.3 Å². The zero-order valence-electron chi connectivity index (χ0n) is 19.0. The number of thiazole rings is 1. The van der Waals surface area contributed by atoms with Crippen LogP contribution in [-0.4, -0.2) is 32.0 Å². The van der Waals surface area contributed by atoms with Crippen LogP contribution in [0.1, 0.15) is 54.9 Å². The number of hydrogen-bond donors (Lipinski definition) is 0. The summed E-state index contributed by atoms with van der Waals surface area (Å²) in [6.45, 7) is 4.03. The molecule has 3 aromatic rings. The van der Waals surface area contributed by atoms with E-state index in [0.717, 1.165) is 29.1 Å². The molecule has 1 fully saturated rings. The predicted molar refractivity (Wildman–Crippen MR) is 132 cm³/mol. The van der Waals surface area contributed by atoms with E-state index in [4.69, 9.17) is 16.6 Å². The lowest BCUT2D eigenvalue weighted by molar-refractivity contribution is 0.0566. The summed E-state index contributed by atoms with van der Waals surface area (Å²) in [6, 6.07) is 3.54. The number of nitrogens with zero attached hydrogens (tertiary/aromatic N) is 5. The van der Waals surface area contributed by atoms with Crippen molar-refractivity contribution < 1.29 is 13.2 Å². The zero-order chi connectivity index (χ0) is 24.7. The SMILES string of the molecule is C=CC[C@@]1(CC)CC2=C(c3cnn(C(F)F)c3)[C@H](c3ccc(F)cc3Cl)N=C(c3nccs3)N2C1. The minimum absolute atomic E-state index is 0.0967. The molecule has 0 bridgehead atoms. The summed E-state index contributed by atoms with van der Waals surface area (Å²) in [7, 11) is 0. The van der Waals surface area contributed by atoms with Gasteiger partial charge in [-0.1, -0.05) is 30.7 Å². The monoisotopic (exact) mass is 517 g/mol. The van der Waals surface area contributed by atoms with Crippen LogP contribution < -0.4 is 0 Å². The van der Waals surface area contributed by atoms with E-state index in [1.165, 1.54) is 35.9 Å². The molecule has 5 nitrogen and oxygen atoms in total. The molecule has 1 saturated heterocycles. The molecular formula is C25H23ClF3N5S. The Bertz CT molecular complexity index is 1320. The van der Waals surface area contributed by atoms with Gasteiger partial charge in [-0.3, -0.25) is 4.99 Å². The van der Waals surface area contributed by atoms with Gasteiger partial charge in [0.25, 0.3) is 0 Å². The molecule has 2 aliphatic rings. The number of aromatic nitrogens is 3. The summed E-state index contributed by atoms with van der Waals surface area (Å²) in [5.41, 5.74) is 2.73. The summed E-state index contributed by atoms with van der Waals surface area (Å²) in [5, 5.41) is 6.73. The lowest BCUT2D eigenvalue weighted by Gasteiger charge is -2.33. The summed E-state index contributed by atoms with van der Waals surface area (Å²) in [5.74, 6) is 0.238. The van der Waals surface area contributed by atoms with Gasteiger partial charge in [0.15, 0.2) is 10.8 Å². The molecule has 0 spiro atoms. The molecular weight excluding hydrogens is 495 g/mol. The molecule has 182 valence electrons. The maximum Gasteiger partial charge on any atom is 0.333 e. The fraction of sp³-hybridized carbons (Fsp3) is 0.320. The fourth-order valence-electron chi connectivity index (χ4n) is 4.98. The number of alkyl halides is 2. The van der Waals surface area contributed by atoms with Crippen LogP contribution in [0.5, 0.6) is 0 Å². The summed E-state index contributed by atoms with van der Waals surface area (Å²) in [4.78, 5) is 11.7. The normalized spacial score (nSPS) is 22.1. The van der Waals surface area contributed by atoms with Gasteiger partial charge in [0, 0.05) is 46.2 Å². The molecule has 0 aliphatic carbocycles. The van der Waals surface area contributed by atoms with Crippen LogP contribution in [-0.2, 0) is 0 Å². The van der Waals surface area contributed by atoms with E-state index in [-0.39, 0.29) is 10.4 Å². The summed E-state index contributed by atoms with van der Waals surface area (Å²) >= 11 is 7.98. The molecule has 0 saturated carbocycles. The average Bonchev–Trinajstić information content (AvgIpc) is 3.58. The van der Waals surface area contributed by atoms with Crippen molar-refractivity contribution in [3.8, 4) is 0 Å². The number of rotatable bonds is 7. The zero-order valence-corrected chi connectivity index (χ0v) is 20.5. The molecule has 0 radical (unpaired) electrons. The van der Waals surface area contributed by atoms with Gasteiger partial charge in [-0.2, -0.15) is 13.9 Å². The van der Waals surface area contributed by atoms with Crippen molar-refractivity contribution in [3.05, 3.63) is 87.5 Å². The Hall–Kier alpha value is -2.91. The lowest BCUT2D eigenvalue weighted by atomic mass is 9.79. The highest BCUT2D eigenvalue weighted by atomic mass is 35.5. The van der Waals surface area contributed by atoms with Crippen molar-refractivity contribution in [2.75, 3.05) is 6.54 Å². The number of aliphatic imine (C=N–C) groups is 1. The highest BCUT2D eigenvalue weighted by Gasteiger charge is 2.46. The molecule has 0 amide bonds. The first-order chi connectivity index (χ1) is 16.9. The molecule has 0 N–H and O–H groups in total. The molecule has 2 aliphatic heterocycles. The van der Waals surface area contributed by atoms with E-state index < -0.39 is 18.4 Å². The first kappa shape index (κ1) is 23.8. The second-order valence-electron chi connectivity index (χ2n) is 8.81. The van der Waals surface area contributed by atoms with Crippen molar-refractivity contribution in [1.29, 1.82) is 0 Å². The van der Waals surface area contributed by atoms with Gasteiger partial charge in [0.1, 0.15) is 11.9 Å². The minimum atomic E-state index is -2.77. The number of fused-ring (bicyclic) bond motifs is 1. The Morgan fingerprint density at radius 1 is 1.37 bits per heavy atom. The van der Waals surface area contributed by atoms with Gasteiger partial charge < -0.3 is 4.90 Å². The van der Waals surface area contributed by atoms with Gasteiger partial charge in [-0.15, -0.1) is 17.9 Å². The fourth-order valence-corrected chi connectivity index (χ4v) is 5.89. The molecule has 2 aromatic heterocycles. The smallest absolute Gasteiger partial charge is 0.327 e. The molecule has 5 rings (SSSR count).